The molecule has 0 radical (unpaired) electrons. The van der Waals surface area contributed by atoms with Crippen LogP contribution in [0.2, 0.25) is 0 Å². The summed E-state index contributed by atoms with van der Waals surface area (Å²) in [6.45, 7) is 0.536. The number of hydrogen-bond acceptors (Lipinski definition) is 2. The molecule has 0 aliphatic carbocycles. The van der Waals surface area contributed by atoms with Crippen LogP contribution < -0.4 is 5.56 Å². The van der Waals surface area contributed by atoms with Crippen LogP contribution in [0.3, 0.4) is 0 Å². The molecule has 0 atom stereocenters. The molecule has 2 aromatic heterocycles. The van der Waals surface area contributed by atoms with Gasteiger partial charge in [0.25, 0.3) is 5.56 Å². The topological polar surface area (TPSA) is 39.8 Å². The van der Waals surface area contributed by atoms with Gasteiger partial charge in [-0.25, -0.2) is 0 Å². The summed E-state index contributed by atoms with van der Waals surface area (Å²) >= 11 is 3.21. The molecule has 78 valence electrons. The molecule has 0 unspecified atom stereocenters. The molecule has 0 bridgehead atoms. The summed E-state index contributed by atoms with van der Waals surface area (Å²) < 4.78 is 3.97. The van der Waals surface area contributed by atoms with Crippen LogP contribution in [0.15, 0.2) is 39.9 Å². The Balaban J connectivity index is 2.37. The largest absolute Gasteiger partial charge is 0.309 e. The molecular weight excluding hydrogens is 258 g/mol. The Morgan fingerprint density at radius 3 is 2.93 bits per heavy atom. The van der Waals surface area contributed by atoms with Crippen LogP contribution in [0.4, 0.5) is 0 Å². The molecule has 0 aliphatic heterocycles. The second kappa shape index (κ2) is 4.02. The van der Waals surface area contributed by atoms with Crippen LogP contribution in [-0.2, 0) is 13.6 Å². The lowest BCUT2D eigenvalue weighted by molar-refractivity contribution is 0.652. The summed E-state index contributed by atoms with van der Waals surface area (Å²) in [4.78, 5) is 11.7. The highest BCUT2D eigenvalue weighted by Crippen LogP contribution is 2.03. The summed E-state index contributed by atoms with van der Waals surface area (Å²) in [7, 11) is 1.86. The van der Waals surface area contributed by atoms with Gasteiger partial charge in [0.05, 0.1) is 16.7 Å². The predicted molar refractivity (Wildman–Crippen MR) is 60.7 cm³/mol. The van der Waals surface area contributed by atoms with Crippen molar-refractivity contribution in [3.05, 3.63) is 51.1 Å². The van der Waals surface area contributed by atoms with Gasteiger partial charge in [-0.05, 0) is 34.1 Å². The Kier molecular flexibility index (Phi) is 2.73. The Morgan fingerprint density at radius 2 is 2.27 bits per heavy atom. The van der Waals surface area contributed by atoms with Gasteiger partial charge in [0, 0.05) is 19.4 Å². The molecule has 0 aliphatic rings. The molecule has 2 rings (SSSR count). The highest BCUT2D eigenvalue weighted by molar-refractivity contribution is 9.10. The number of aryl methyl sites for hydroxylation is 1. The number of pyridine rings is 1. The van der Waals surface area contributed by atoms with Crippen molar-refractivity contribution < 1.29 is 0 Å². The van der Waals surface area contributed by atoms with Crippen LogP contribution >= 0.6 is 15.9 Å². The fraction of sp³-hybridized carbons (Fsp3) is 0.200. The average molecular weight is 268 g/mol. The minimum absolute atomic E-state index is 0.0290. The van der Waals surface area contributed by atoms with Crippen LogP contribution in [-0.4, -0.2) is 14.3 Å². The first-order valence-electron chi connectivity index (χ1n) is 4.50. The van der Waals surface area contributed by atoms with E-state index in [0.717, 1.165) is 5.69 Å². The second-order valence-corrected chi connectivity index (χ2v) is 4.09. The van der Waals surface area contributed by atoms with Gasteiger partial charge in [-0.1, -0.05) is 0 Å². The van der Waals surface area contributed by atoms with E-state index in [4.69, 9.17) is 0 Å². The molecule has 15 heavy (non-hydrogen) atoms. The summed E-state index contributed by atoms with van der Waals surface area (Å²) in [5.74, 6) is 0. The Bertz CT molecular complexity index is 529. The van der Waals surface area contributed by atoms with Gasteiger partial charge in [-0.15, -0.1) is 0 Å². The summed E-state index contributed by atoms with van der Waals surface area (Å²) in [6.07, 6.45) is 3.48. The molecule has 0 saturated heterocycles. The smallest absolute Gasteiger partial charge is 0.265 e. The number of nitrogens with zero attached hydrogens (tertiary/aromatic N) is 3. The Morgan fingerprint density at radius 1 is 1.47 bits per heavy atom. The third-order valence-electron chi connectivity index (χ3n) is 2.23. The van der Waals surface area contributed by atoms with Crippen LogP contribution in [0.5, 0.6) is 0 Å². The van der Waals surface area contributed by atoms with Crippen molar-refractivity contribution in [2.24, 2.45) is 7.05 Å². The van der Waals surface area contributed by atoms with E-state index in [0.29, 0.717) is 11.0 Å². The molecule has 0 aromatic carbocycles. The maximum absolute atomic E-state index is 11.7. The van der Waals surface area contributed by atoms with Gasteiger partial charge in [0.2, 0.25) is 0 Å². The molecular formula is C10H10BrN3O. The lowest BCUT2D eigenvalue weighted by Crippen LogP contribution is -2.21. The predicted octanol–water partition coefficient (Wildman–Crippen LogP) is 1.39. The number of rotatable bonds is 2. The van der Waals surface area contributed by atoms with Crippen molar-refractivity contribution in [2.45, 2.75) is 6.54 Å². The molecule has 0 saturated carbocycles. The van der Waals surface area contributed by atoms with Gasteiger partial charge >= 0.3 is 0 Å². The average Bonchev–Trinajstić information content (AvgIpc) is 2.60. The van der Waals surface area contributed by atoms with E-state index in [1.807, 2.05) is 19.2 Å². The number of halogens is 1. The van der Waals surface area contributed by atoms with E-state index in [9.17, 15) is 4.79 Å². The fourth-order valence-corrected chi connectivity index (χ4v) is 1.74. The highest BCUT2D eigenvalue weighted by atomic mass is 79.9. The minimum Gasteiger partial charge on any atom is -0.309 e. The Labute approximate surface area is 95.3 Å². The standard InChI is InChI=1S/C10H10BrN3O/c1-13-8(4-5-12-13)7-14-6-2-3-9(11)10(14)15/h2-6H,7H2,1H3. The molecule has 2 aromatic rings. The lowest BCUT2D eigenvalue weighted by Gasteiger charge is -2.05. The van der Waals surface area contributed by atoms with Crippen molar-refractivity contribution in [1.29, 1.82) is 0 Å². The molecule has 0 fully saturated rings. The third kappa shape index (κ3) is 2.02. The van der Waals surface area contributed by atoms with Crippen molar-refractivity contribution in [3.63, 3.8) is 0 Å². The SMILES string of the molecule is Cn1nccc1Cn1cccc(Br)c1=O. The van der Waals surface area contributed by atoms with Crippen molar-refractivity contribution in [1.82, 2.24) is 14.3 Å². The first kappa shape index (κ1) is 10.2. The Hall–Kier alpha value is -1.36. The van der Waals surface area contributed by atoms with Gasteiger partial charge in [-0.3, -0.25) is 9.48 Å². The molecule has 0 N–H and O–H groups in total. The zero-order valence-corrected chi connectivity index (χ0v) is 9.81. The van der Waals surface area contributed by atoms with E-state index >= 15 is 0 Å². The second-order valence-electron chi connectivity index (χ2n) is 3.24. The quantitative estimate of drug-likeness (QED) is 0.825. The van der Waals surface area contributed by atoms with E-state index in [1.165, 1.54) is 0 Å². The number of aromatic nitrogens is 3. The monoisotopic (exact) mass is 267 g/mol. The first-order valence-corrected chi connectivity index (χ1v) is 5.29. The normalized spacial score (nSPS) is 10.5. The third-order valence-corrected chi connectivity index (χ3v) is 2.83. The summed E-state index contributed by atoms with van der Waals surface area (Å²) in [5, 5.41) is 4.05. The maximum atomic E-state index is 11.7. The van der Waals surface area contributed by atoms with Gasteiger partial charge in [0.1, 0.15) is 0 Å². The highest BCUT2D eigenvalue weighted by Gasteiger charge is 2.03. The molecule has 5 heteroatoms. The van der Waals surface area contributed by atoms with E-state index < -0.39 is 0 Å². The maximum Gasteiger partial charge on any atom is 0.265 e. The number of hydrogen-bond donors (Lipinski definition) is 0. The zero-order chi connectivity index (χ0) is 10.8. The van der Waals surface area contributed by atoms with Gasteiger partial charge < -0.3 is 4.57 Å². The zero-order valence-electron chi connectivity index (χ0n) is 8.22. The van der Waals surface area contributed by atoms with Crippen molar-refractivity contribution in [3.8, 4) is 0 Å². The van der Waals surface area contributed by atoms with E-state index in [2.05, 4.69) is 21.0 Å². The lowest BCUT2D eigenvalue weighted by atomic mass is 10.4. The molecule has 0 spiro atoms. The summed E-state index contributed by atoms with van der Waals surface area (Å²) in [6, 6.07) is 5.47. The van der Waals surface area contributed by atoms with Gasteiger partial charge in [-0.2, -0.15) is 5.10 Å². The first-order chi connectivity index (χ1) is 7.18. The molecule has 0 amide bonds. The summed E-state index contributed by atoms with van der Waals surface area (Å²) in [5.41, 5.74) is 0.967. The molecule has 4 nitrogen and oxygen atoms in total. The minimum atomic E-state index is -0.0290. The van der Waals surface area contributed by atoms with Crippen LogP contribution in [0, 0.1) is 0 Å². The van der Waals surface area contributed by atoms with Crippen LogP contribution in [0.1, 0.15) is 5.69 Å². The van der Waals surface area contributed by atoms with Crippen LogP contribution in [0.25, 0.3) is 0 Å². The van der Waals surface area contributed by atoms with E-state index in [1.54, 1.807) is 27.7 Å². The fourth-order valence-electron chi connectivity index (χ4n) is 1.36. The van der Waals surface area contributed by atoms with Crippen molar-refractivity contribution >= 4 is 15.9 Å². The van der Waals surface area contributed by atoms with Gasteiger partial charge in [0.15, 0.2) is 0 Å². The van der Waals surface area contributed by atoms with Crippen molar-refractivity contribution in [2.75, 3.05) is 0 Å². The van der Waals surface area contributed by atoms with E-state index in [-0.39, 0.29) is 5.56 Å². The molecule has 2 heterocycles.